The normalized spacial score (nSPS) is 15.2. The first-order chi connectivity index (χ1) is 16.0. The number of aromatic amines is 1. The predicted molar refractivity (Wildman–Crippen MR) is 127 cm³/mol. The average molecular weight is 450 g/mol. The summed E-state index contributed by atoms with van der Waals surface area (Å²) >= 11 is 0. The van der Waals surface area contributed by atoms with Gasteiger partial charge in [0.2, 0.25) is 0 Å². The number of amides is 1. The van der Waals surface area contributed by atoms with Gasteiger partial charge in [-0.3, -0.25) is 9.89 Å². The maximum absolute atomic E-state index is 13.3. The number of hydrogen-bond donors (Lipinski definition) is 2. The molecule has 0 spiro atoms. The lowest BCUT2D eigenvalue weighted by atomic mass is 9.95. The molecule has 1 aliphatic rings. The van der Waals surface area contributed by atoms with Gasteiger partial charge >= 0.3 is 0 Å². The highest BCUT2D eigenvalue weighted by Gasteiger charge is 2.42. The van der Waals surface area contributed by atoms with Crippen LogP contribution in [0.2, 0.25) is 0 Å². The molecule has 174 valence electrons. The minimum atomic E-state index is -0.348. The van der Waals surface area contributed by atoms with Crippen LogP contribution in [0.3, 0.4) is 0 Å². The van der Waals surface area contributed by atoms with Crippen molar-refractivity contribution in [3.05, 3.63) is 59.3 Å². The Morgan fingerprint density at radius 1 is 1.18 bits per heavy atom. The number of nitrogens with zero attached hydrogens (tertiary/aromatic N) is 2. The summed E-state index contributed by atoms with van der Waals surface area (Å²) in [4.78, 5) is 15.1. The number of rotatable bonds is 9. The van der Waals surface area contributed by atoms with Crippen molar-refractivity contribution < 1.29 is 19.4 Å². The van der Waals surface area contributed by atoms with Crippen LogP contribution in [0, 0.1) is 5.92 Å². The number of phenolic OH excluding ortho intramolecular Hbond substituents is 1. The van der Waals surface area contributed by atoms with Gasteiger partial charge in [-0.15, -0.1) is 0 Å². The van der Waals surface area contributed by atoms with Gasteiger partial charge in [0.15, 0.2) is 11.5 Å². The quantitative estimate of drug-likeness (QED) is 0.470. The zero-order valence-electron chi connectivity index (χ0n) is 19.6. The minimum absolute atomic E-state index is 0.0951. The van der Waals surface area contributed by atoms with Crippen molar-refractivity contribution in [2.45, 2.75) is 39.7 Å². The Morgan fingerprint density at radius 3 is 2.67 bits per heavy atom. The third-order valence-corrected chi connectivity index (χ3v) is 5.94. The van der Waals surface area contributed by atoms with Gasteiger partial charge in [0, 0.05) is 17.7 Å². The van der Waals surface area contributed by atoms with E-state index in [9.17, 15) is 9.90 Å². The van der Waals surface area contributed by atoms with E-state index in [4.69, 9.17) is 9.47 Å². The fourth-order valence-electron chi connectivity index (χ4n) is 4.27. The fraction of sp³-hybridized carbons (Fsp3) is 0.385. The van der Waals surface area contributed by atoms with Crippen molar-refractivity contribution >= 4 is 5.91 Å². The minimum Gasteiger partial charge on any atom is -0.507 e. The smallest absolute Gasteiger partial charge is 0.273 e. The molecule has 1 aliphatic heterocycles. The number of phenols is 1. The number of methoxy groups -OCH3 is 1. The molecule has 0 radical (unpaired) electrons. The second-order valence-electron chi connectivity index (χ2n) is 8.72. The van der Waals surface area contributed by atoms with E-state index in [1.807, 2.05) is 42.2 Å². The van der Waals surface area contributed by atoms with Crippen LogP contribution in [0.1, 0.15) is 61.3 Å². The van der Waals surface area contributed by atoms with Crippen LogP contribution in [0.15, 0.2) is 42.5 Å². The molecule has 1 amide bonds. The molecule has 0 saturated heterocycles. The first-order valence-corrected chi connectivity index (χ1v) is 11.4. The molecule has 1 unspecified atom stereocenters. The summed E-state index contributed by atoms with van der Waals surface area (Å²) in [6, 6.07) is 12.5. The van der Waals surface area contributed by atoms with Crippen molar-refractivity contribution in [2.75, 3.05) is 20.3 Å². The van der Waals surface area contributed by atoms with Crippen molar-refractivity contribution in [1.82, 2.24) is 15.1 Å². The molecular weight excluding hydrogens is 418 g/mol. The van der Waals surface area contributed by atoms with Gasteiger partial charge in [-0.2, -0.15) is 5.10 Å². The van der Waals surface area contributed by atoms with Gasteiger partial charge in [-0.1, -0.05) is 39.0 Å². The van der Waals surface area contributed by atoms with E-state index >= 15 is 0 Å². The van der Waals surface area contributed by atoms with E-state index < -0.39 is 0 Å². The van der Waals surface area contributed by atoms with Crippen molar-refractivity contribution in [1.29, 1.82) is 0 Å². The molecule has 3 aromatic rings. The number of aromatic nitrogens is 2. The second-order valence-corrected chi connectivity index (χ2v) is 8.72. The number of aromatic hydroxyl groups is 1. The van der Waals surface area contributed by atoms with Crippen LogP contribution in [0.5, 0.6) is 17.2 Å². The number of benzene rings is 2. The summed E-state index contributed by atoms with van der Waals surface area (Å²) in [5.41, 5.74) is 3.30. The molecule has 4 rings (SSSR count). The third-order valence-electron chi connectivity index (χ3n) is 5.94. The predicted octanol–water partition coefficient (Wildman–Crippen LogP) is 5.17. The van der Waals surface area contributed by atoms with Crippen molar-refractivity contribution in [2.24, 2.45) is 5.92 Å². The van der Waals surface area contributed by atoms with Crippen molar-refractivity contribution in [3.63, 3.8) is 0 Å². The van der Waals surface area contributed by atoms with Gasteiger partial charge in [-0.05, 0) is 48.6 Å². The number of carbonyl (C=O) groups is 1. The van der Waals surface area contributed by atoms with Gasteiger partial charge in [0.25, 0.3) is 5.91 Å². The largest absolute Gasteiger partial charge is 0.507 e. The Morgan fingerprint density at radius 2 is 1.97 bits per heavy atom. The summed E-state index contributed by atoms with van der Waals surface area (Å²) in [7, 11) is 1.62. The van der Waals surface area contributed by atoms with Crippen LogP contribution in [-0.4, -0.2) is 46.4 Å². The number of ether oxygens (including phenoxy) is 2. The Labute approximate surface area is 194 Å². The fourth-order valence-corrected chi connectivity index (χ4v) is 4.27. The maximum Gasteiger partial charge on any atom is 0.273 e. The molecular formula is C26H31N3O4. The molecule has 7 nitrogen and oxygen atoms in total. The summed E-state index contributed by atoms with van der Waals surface area (Å²) in [6.07, 6.45) is 1.77. The van der Waals surface area contributed by atoms with Gasteiger partial charge in [0.1, 0.15) is 17.1 Å². The van der Waals surface area contributed by atoms with Gasteiger partial charge in [0.05, 0.1) is 19.8 Å². The van der Waals surface area contributed by atoms with E-state index in [1.54, 1.807) is 19.2 Å². The molecule has 1 aromatic heterocycles. The first-order valence-electron chi connectivity index (χ1n) is 11.4. The van der Waals surface area contributed by atoms with Crippen LogP contribution in [0.4, 0.5) is 0 Å². The van der Waals surface area contributed by atoms with E-state index in [-0.39, 0.29) is 17.7 Å². The van der Waals surface area contributed by atoms with Crippen molar-refractivity contribution in [3.8, 4) is 28.5 Å². The number of nitrogens with one attached hydrogen (secondary N) is 1. The highest BCUT2D eigenvalue weighted by molar-refractivity contribution is 6.00. The summed E-state index contributed by atoms with van der Waals surface area (Å²) in [5.74, 6) is 1.89. The molecule has 2 heterocycles. The highest BCUT2D eigenvalue weighted by Crippen LogP contribution is 2.45. The first kappa shape index (κ1) is 22.7. The lowest BCUT2D eigenvalue weighted by Crippen LogP contribution is -2.30. The average Bonchev–Trinajstić information content (AvgIpc) is 3.34. The topological polar surface area (TPSA) is 87.7 Å². The standard InChI is InChI=1S/C26H31N3O4/c1-5-13-29-25(17-10-11-20(21(15-17)32-4)33-14-12-16(2)3)22-23(27-28-24(22)26(29)31)18-8-6-7-9-19(18)30/h6-11,15-16,25,30H,5,12-14H2,1-4H3,(H,27,28). The summed E-state index contributed by atoms with van der Waals surface area (Å²) in [5, 5.41) is 17.8. The number of carbonyl (C=O) groups excluding carboxylic acids is 1. The molecule has 1 atom stereocenters. The Hall–Kier alpha value is -3.48. The number of H-pyrrole nitrogens is 1. The molecule has 0 bridgehead atoms. The highest BCUT2D eigenvalue weighted by atomic mass is 16.5. The van der Waals surface area contributed by atoms with Crippen LogP contribution >= 0.6 is 0 Å². The van der Waals surface area contributed by atoms with E-state index in [0.717, 1.165) is 24.0 Å². The van der Waals surface area contributed by atoms with E-state index in [0.29, 0.717) is 47.5 Å². The summed E-state index contributed by atoms with van der Waals surface area (Å²) < 4.78 is 11.6. The lowest BCUT2D eigenvalue weighted by Gasteiger charge is -2.26. The number of para-hydroxylation sites is 1. The zero-order valence-corrected chi connectivity index (χ0v) is 19.6. The number of hydrogen-bond acceptors (Lipinski definition) is 5. The molecule has 0 fully saturated rings. The maximum atomic E-state index is 13.3. The molecule has 7 heteroatoms. The Kier molecular flexibility index (Phi) is 6.58. The second kappa shape index (κ2) is 9.57. The molecule has 0 saturated carbocycles. The van der Waals surface area contributed by atoms with Crippen LogP contribution < -0.4 is 9.47 Å². The van der Waals surface area contributed by atoms with Crippen LogP contribution in [-0.2, 0) is 0 Å². The number of fused-ring (bicyclic) bond motifs is 1. The molecule has 33 heavy (non-hydrogen) atoms. The van der Waals surface area contributed by atoms with Gasteiger partial charge < -0.3 is 19.5 Å². The van der Waals surface area contributed by atoms with E-state index in [1.165, 1.54) is 0 Å². The van der Waals surface area contributed by atoms with Gasteiger partial charge in [-0.25, -0.2) is 0 Å². The molecule has 0 aliphatic carbocycles. The molecule has 2 aromatic carbocycles. The Bertz CT molecular complexity index is 1140. The Balaban J connectivity index is 1.78. The van der Waals surface area contributed by atoms with Crippen LogP contribution in [0.25, 0.3) is 11.3 Å². The lowest BCUT2D eigenvalue weighted by molar-refractivity contribution is 0.0743. The SMILES string of the molecule is CCCN1C(=O)c2[nH]nc(-c3ccccc3O)c2C1c1ccc(OCCC(C)C)c(OC)c1. The molecule has 2 N–H and O–H groups in total. The van der Waals surface area contributed by atoms with E-state index in [2.05, 4.69) is 24.0 Å². The zero-order chi connectivity index (χ0) is 23.5. The third kappa shape index (κ3) is 4.27. The monoisotopic (exact) mass is 449 g/mol. The summed E-state index contributed by atoms with van der Waals surface area (Å²) in [6.45, 7) is 7.58.